The summed E-state index contributed by atoms with van der Waals surface area (Å²) in [5.74, 6) is 0.751. The fraction of sp³-hybridized carbons (Fsp3) is 0.600. The lowest BCUT2D eigenvalue weighted by Crippen LogP contribution is -2.38. The highest BCUT2D eigenvalue weighted by atomic mass is 19.1. The molecule has 0 saturated carbocycles. The van der Waals surface area contributed by atoms with Crippen LogP contribution in [-0.4, -0.2) is 38.7 Å². The quantitative estimate of drug-likeness (QED) is 0.885. The molecule has 19 heavy (non-hydrogen) atoms. The SMILES string of the molecule is CNCC1CCCN(Cc2ccc(OC)c(F)c2)C1. The maximum atomic E-state index is 13.6. The molecule has 1 N–H and O–H groups in total. The Kier molecular flexibility index (Phi) is 5.16. The Morgan fingerprint density at radius 3 is 3.00 bits per heavy atom. The Hall–Kier alpha value is -1.13. The van der Waals surface area contributed by atoms with Gasteiger partial charge in [0.05, 0.1) is 7.11 Å². The summed E-state index contributed by atoms with van der Waals surface area (Å²) in [5.41, 5.74) is 1.02. The van der Waals surface area contributed by atoms with Crippen LogP contribution < -0.4 is 10.1 Å². The van der Waals surface area contributed by atoms with Crippen LogP contribution in [0.3, 0.4) is 0 Å². The van der Waals surface area contributed by atoms with E-state index < -0.39 is 0 Å². The van der Waals surface area contributed by atoms with Gasteiger partial charge in [-0.25, -0.2) is 4.39 Å². The zero-order valence-corrected chi connectivity index (χ0v) is 11.8. The summed E-state index contributed by atoms with van der Waals surface area (Å²) >= 11 is 0. The summed E-state index contributed by atoms with van der Waals surface area (Å²) < 4.78 is 18.6. The molecular formula is C15H23FN2O. The molecule has 4 heteroatoms. The van der Waals surface area contributed by atoms with Crippen LogP contribution >= 0.6 is 0 Å². The van der Waals surface area contributed by atoms with E-state index in [9.17, 15) is 4.39 Å². The maximum absolute atomic E-state index is 13.6. The molecule has 1 aliphatic rings. The molecule has 1 unspecified atom stereocenters. The van der Waals surface area contributed by atoms with Gasteiger partial charge >= 0.3 is 0 Å². The Bertz CT molecular complexity index is 409. The highest BCUT2D eigenvalue weighted by Gasteiger charge is 2.19. The monoisotopic (exact) mass is 266 g/mol. The van der Waals surface area contributed by atoms with Gasteiger partial charge < -0.3 is 10.1 Å². The lowest BCUT2D eigenvalue weighted by Gasteiger charge is -2.32. The van der Waals surface area contributed by atoms with Crippen molar-refractivity contribution in [2.75, 3.05) is 33.8 Å². The van der Waals surface area contributed by atoms with Crippen molar-refractivity contribution in [3.63, 3.8) is 0 Å². The van der Waals surface area contributed by atoms with Gasteiger partial charge in [-0.1, -0.05) is 6.07 Å². The third-order valence-corrected chi connectivity index (χ3v) is 3.72. The van der Waals surface area contributed by atoms with E-state index in [4.69, 9.17) is 4.74 Å². The average molecular weight is 266 g/mol. The van der Waals surface area contributed by atoms with Gasteiger partial charge in [-0.15, -0.1) is 0 Å². The number of nitrogens with one attached hydrogen (secondary N) is 1. The third kappa shape index (κ3) is 3.91. The van der Waals surface area contributed by atoms with Crippen LogP contribution in [0.15, 0.2) is 18.2 Å². The molecule has 1 fully saturated rings. The first kappa shape index (κ1) is 14.3. The summed E-state index contributed by atoms with van der Waals surface area (Å²) in [6.07, 6.45) is 2.51. The fourth-order valence-electron chi connectivity index (χ4n) is 2.82. The van der Waals surface area contributed by atoms with Gasteiger partial charge in [-0.05, 0) is 56.6 Å². The molecule has 0 bridgehead atoms. The minimum atomic E-state index is -0.274. The van der Waals surface area contributed by atoms with E-state index in [0.29, 0.717) is 11.7 Å². The number of piperidine rings is 1. The molecule has 3 nitrogen and oxygen atoms in total. The molecule has 1 saturated heterocycles. The van der Waals surface area contributed by atoms with Gasteiger partial charge in [0.15, 0.2) is 11.6 Å². The Labute approximate surface area is 114 Å². The molecule has 0 radical (unpaired) electrons. The number of halogens is 1. The van der Waals surface area contributed by atoms with E-state index in [2.05, 4.69) is 10.2 Å². The third-order valence-electron chi connectivity index (χ3n) is 3.72. The summed E-state index contributed by atoms with van der Waals surface area (Å²) in [6.45, 7) is 4.08. The maximum Gasteiger partial charge on any atom is 0.165 e. The molecule has 1 atom stereocenters. The van der Waals surface area contributed by atoms with Crippen molar-refractivity contribution in [3.05, 3.63) is 29.6 Å². The van der Waals surface area contributed by atoms with Crippen molar-refractivity contribution in [1.29, 1.82) is 0 Å². The van der Waals surface area contributed by atoms with Crippen LogP contribution in [0.5, 0.6) is 5.75 Å². The number of hydrogen-bond acceptors (Lipinski definition) is 3. The zero-order chi connectivity index (χ0) is 13.7. The van der Waals surface area contributed by atoms with Gasteiger partial charge in [-0.3, -0.25) is 4.90 Å². The molecule has 0 aromatic heterocycles. The number of likely N-dealkylation sites (tertiary alicyclic amines) is 1. The number of nitrogens with zero attached hydrogens (tertiary/aromatic N) is 1. The summed E-state index contributed by atoms with van der Waals surface area (Å²) in [6, 6.07) is 5.24. The highest BCUT2D eigenvalue weighted by molar-refractivity contribution is 5.29. The first-order valence-electron chi connectivity index (χ1n) is 6.92. The smallest absolute Gasteiger partial charge is 0.165 e. The summed E-state index contributed by atoms with van der Waals surface area (Å²) in [5, 5.41) is 3.24. The van der Waals surface area contributed by atoms with E-state index in [1.807, 2.05) is 13.1 Å². The van der Waals surface area contributed by atoms with Crippen molar-refractivity contribution < 1.29 is 9.13 Å². The van der Waals surface area contributed by atoms with E-state index in [1.54, 1.807) is 12.1 Å². The zero-order valence-electron chi connectivity index (χ0n) is 11.8. The number of hydrogen-bond donors (Lipinski definition) is 1. The predicted molar refractivity (Wildman–Crippen MR) is 74.9 cm³/mol. The normalized spacial score (nSPS) is 20.5. The van der Waals surface area contributed by atoms with Crippen molar-refractivity contribution in [2.24, 2.45) is 5.92 Å². The lowest BCUT2D eigenvalue weighted by molar-refractivity contribution is 0.166. The molecule has 2 rings (SSSR count). The number of methoxy groups -OCH3 is 1. The van der Waals surface area contributed by atoms with E-state index in [-0.39, 0.29) is 5.82 Å². The number of benzene rings is 1. The van der Waals surface area contributed by atoms with Crippen molar-refractivity contribution in [1.82, 2.24) is 10.2 Å². The topological polar surface area (TPSA) is 24.5 Å². The molecule has 0 spiro atoms. The lowest BCUT2D eigenvalue weighted by atomic mass is 9.97. The first-order valence-corrected chi connectivity index (χ1v) is 6.92. The van der Waals surface area contributed by atoms with Crippen molar-refractivity contribution in [3.8, 4) is 5.75 Å². The summed E-state index contributed by atoms with van der Waals surface area (Å²) in [7, 11) is 3.49. The molecule has 0 amide bonds. The Morgan fingerprint density at radius 2 is 2.32 bits per heavy atom. The van der Waals surface area contributed by atoms with Crippen LogP contribution in [0, 0.1) is 11.7 Å². The van der Waals surface area contributed by atoms with Crippen LogP contribution in [0.2, 0.25) is 0 Å². The van der Waals surface area contributed by atoms with Gasteiger partial charge in [0, 0.05) is 13.1 Å². The molecular weight excluding hydrogens is 243 g/mol. The standard InChI is InChI=1S/C15H23FN2O/c1-17-9-13-4-3-7-18(11-13)10-12-5-6-15(19-2)14(16)8-12/h5-6,8,13,17H,3-4,7,9-11H2,1-2H3. The minimum Gasteiger partial charge on any atom is -0.494 e. The predicted octanol–water partition coefficient (Wildman–Crippen LogP) is 2.27. The largest absolute Gasteiger partial charge is 0.494 e. The average Bonchev–Trinajstić information content (AvgIpc) is 2.40. The molecule has 106 valence electrons. The van der Waals surface area contributed by atoms with E-state index in [1.165, 1.54) is 20.0 Å². The van der Waals surface area contributed by atoms with E-state index >= 15 is 0 Å². The van der Waals surface area contributed by atoms with Crippen LogP contribution in [0.4, 0.5) is 4.39 Å². The number of rotatable bonds is 5. The molecule has 1 aromatic rings. The van der Waals surface area contributed by atoms with Crippen LogP contribution in [0.1, 0.15) is 18.4 Å². The fourth-order valence-corrected chi connectivity index (χ4v) is 2.82. The Morgan fingerprint density at radius 1 is 1.47 bits per heavy atom. The van der Waals surface area contributed by atoms with Crippen LogP contribution in [0.25, 0.3) is 0 Å². The van der Waals surface area contributed by atoms with Gasteiger partial charge in [0.1, 0.15) is 0 Å². The van der Waals surface area contributed by atoms with Crippen molar-refractivity contribution in [2.45, 2.75) is 19.4 Å². The van der Waals surface area contributed by atoms with E-state index in [0.717, 1.165) is 31.7 Å². The second-order valence-corrected chi connectivity index (χ2v) is 5.27. The molecule has 1 aromatic carbocycles. The molecule has 1 aliphatic heterocycles. The van der Waals surface area contributed by atoms with Gasteiger partial charge in [-0.2, -0.15) is 0 Å². The summed E-state index contributed by atoms with van der Waals surface area (Å²) in [4.78, 5) is 2.41. The van der Waals surface area contributed by atoms with Gasteiger partial charge in [0.2, 0.25) is 0 Å². The first-order chi connectivity index (χ1) is 9.22. The molecule has 1 heterocycles. The molecule has 0 aliphatic carbocycles. The second-order valence-electron chi connectivity index (χ2n) is 5.27. The van der Waals surface area contributed by atoms with Crippen molar-refractivity contribution >= 4 is 0 Å². The Balaban J connectivity index is 1.94. The minimum absolute atomic E-state index is 0.274. The van der Waals surface area contributed by atoms with Crippen LogP contribution in [-0.2, 0) is 6.54 Å². The number of ether oxygens (including phenoxy) is 1. The van der Waals surface area contributed by atoms with Gasteiger partial charge in [0.25, 0.3) is 0 Å². The second kappa shape index (κ2) is 6.87. The highest BCUT2D eigenvalue weighted by Crippen LogP contribution is 2.21.